The summed E-state index contributed by atoms with van der Waals surface area (Å²) in [5, 5.41) is 9.36. The van der Waals surface area contributed by atoms with E-state index in [1.807, 2.05) is 0 Å². The highest BCUT2D eigenvalue weighted by Gasteiger charge is 2.32. The molecule has 0 aromatic heterocycles. The highest BCUT2D eigenvalue weighted by atomic mass is 19.1. The van der Waals surface area contributed by atoms with Crippen LogP contribution < -0.4 is 4.74 Å². The van der Waals surface area contributed by atoms with Gasteiger partial charge in [-0.15, -0.1) is 0 Å². The monoisotopic (exact) mass is 266 g/mol. The Morgan fingerprint density at radius 1 is 1.32 bits per heavy atom. The fourth-order valence-corrected chi connectivity index (χ4v) is 2.95. The number of aliphatic carboxylic acids is 1. The highest BCUT2D eigenvalue weighted by Crippen LogP contribution is 2.39. The van der Waals surface area contributed by atoms with E-state index < -0.39 is 17.7 Å². The number of hydrogen-bond donors (Lipinski definition) is 1. The number of benzene rings is 1. The van der Waals surface area contributed by atoms with Gasteiger partial charge in [0.2, 0.25) is 0 Å². The molecule has 1 N–H and O–H groups in total. The molecular weight excluding hydrogens is 247 g/mol. The molecule has 1 aliphatic carbocycles. The molecule has 1 saturated carbocycles. The van der Waals surface area contributed by atoms with Gasteiger partial charge in [-0.3, -0.25) is 4.79 Å². The first-order valence-electron chi connectivity index (χ1n) is 6.70. The molecule has 0 saturated heterocycles. The van der Waals surface area contributed by atoms with Gasteiger partial charge in [0.05, 0.1) is 13.0 Å². The number of halogens is 1. The minimum absolute atomic E-state index is 0.186. The molecule has 0 heterocycles. The van der Waals surface area contributed by atoms with Crippen LogP contribution >= 0.6 is 0 Å². The van der Waals surface area contributed by atoms with Crippen molar-refractivity contribution in [3.63, 3.8) is 0 Å². The maximum Gasteiger partial charge on any atom is 0.307 e. The van der Waals surface area contributed by atoms with Crippen LogP contribution in [-0.4, -0.2) is 18.2 Å². The molecule has 2 unspecified atom stereocenters. The lowest BCUT2D eigenvalue weighted by atomic mass is 9.82. The number of carboxylic acids is 1. The minimum Gasteiger partial charge on any atom is -0.494 e. The molecule has 0 amide bonds. The molecule has 0 aliphatic heterocycles. The first-order chi connectivity index (χ1) is 9.15. The van der Waals surface area contributed by atoms with Crippen molar-refractivity contribution in [2.45, 2.75) is 38.0 Å². The molecule has 1 aliphatic rings. The predicted molar refractivity (Wildman–Crippen MR) is 69.9 cm³/mol. The second kappa shape index (κ2) is 6.04. The molecule has 104 valence electrons. The van der Waals surface area contributed by atoms with Crippen LogP contribution in [0.15, 0.2) is 18.2 Å². The van der Waals surface area contributed by atoms with Gasteiger partial charge in [0.25, 0.3) is 0 Å². The molecule has 3 nitrogen and oxygen atoms in total. The van der Waals surface area contributed by atoms with E-state index >= 15 is 0 Å². The van der Waals surface area contributed by atoms with Gasteiger partial charge in [0.1, 0.15) is 0 Å². The lowest BCUT2D eigenvalue weighted by Crippen LogP contribution is -2.22. The number of methoxy groups -OCH3 is 1. The van der Waals surface area contributed by atoms with Gasteiger partial charge < -0.3 is 9.84 Å². The van der Waals surface area contributed by atoms with Crippen molar-refractivity contribution in [2.75, 3.05) is 7.11 Å². The number of rotatable bonds is 3. The Hall–Kier alpha value is -1.58. The van der Waals surface area contributed by atoms with E-state index in [0.717, 1.165) is 25.7 Å². The molecule has 2 atom stereocenters. The summed E-state index contributed by atoms with van der Waals surface area (Å²) in [6, 6.07) is 4.97. The van der Waals surface area contributed by atoms with Crippen LogP contribution in [0.3, 0.4) is 0 Å². The van der Waals surface area contributed by atoms with E-state index in [4.69, 9.17) is 4.74 Å². The third kappa shape index (κ3) is 2.88. The molecule has 4 heteroatoms. The SMILES string of the molecule is COc1cccc(C2CCCCCC2C(=O)O)c1F. The summed E-state index contributed by atoms with van der Waals surface area (Å²) in [5.74, 6) is -1.80. The maximum absolute atomic E-state index is 14.3. The van der Waals surface area contributed by atoms with Gasteiger partial charge in [-0.05, 0) is 24.5 Å². The first-order valence-corrected chi connectivity index (χ1v) is 6.70. The molecule has 1 fully saturated rings. The zero-order valence-corrected chi connectivity index (χ0v) is 11.1. The second-order valence-corrected chi connectivity index (χ2v) is 5.05. The summed E-state index contributed by atoms with van der Waals surface area (Å²) in [7, 11) is 1.42. The van der Waals surface area contributed by atoms with Crippen LogP contribution in [0.4, 0.5) is 4.39 Å². The average molecular weight is 266 g/mol. The van der Waals surface area contributed by atoms with Gasteiger partial charge in [-0.25, -0.2) is 4.39 Å². The third-order valence-corrected chi connectivity index (χ3v) is 3.95. The van der Waals surface area contributed by atoms with Crippen LogP contribution in [0.2, 0.25) is 0 Å². The lowest BCUT2D eigenvalue weighted by Gasteiger charge is -2.23. The van der Waals surface area contributed by atoms with Gasteiger partial charge in [-0.1, -0.05) is 31.4 Å². The van der Waals surface area contributed by atoms with Crippen molar-refractivity contribution >= 4 is 5.97 Å². The summed E-state index contributed by atoms with van der Waals surface area (Å²) in [6.07, 6.45) is 4.22. The molecule has 1 aromatic carbocycles. The fraction of sp³-hybridized carbons (Fsp3) is 0.533. The van der Waals surface area contributed by atoms with Crippen LogP contribution in [0.5, 0.6) is 5.75 Å². The van der Waals surface area contributed by atoms with Crippen molar-refractivity contribution in [1.82, 2.24) is 0 Å². The predicted octanol–water partition coefficient (Wildman–Crippen LogP) is 3.58. The average Bonchev–Trinajstić information content (AvgIpc) is 2.64. The smallest absolute Gasteiger partial charge is 0.307 e. The fourth-order valence-electron chi connectivity index (χ4n) is 2.95. The molecule has 1 aromatic rings. The minimum atomic E-state index is -0.825. The van der Waals surface area contributed by atoms with Crippen molar-refractivity contribution in [3.8, 4) is 5.75 Å². The van der Waals surface area contributed by atoms with Crippen LogP contribution in [0.25, 0.3) is 0 Å². The van der Waals surface area contributed by atoms with E-state index in [2.05, 4.69) is 0 Å². The topological polar surface area (TPSA) is 46.5 Å². The molecule has 0 spiro atoms. The van der Waals surface area contributed by atoms with Gasteiger partial charge in [0.15, 0.2) is 11.6 Å². The Labute approximate surface area is 112 Å². The summed E-state index contributed by atoms with van der Waals surface area (Å²) < 4.78 is 19.3. The van der Waals surface area contributed by atoms with E-state index in [1.165, 1.54) is 7.11 Å². The normalized spacial score (nSPS) is 23.7. The van der Waals surface area contributed by atoms with Gasteiger partial charge in [0, 0.05) is 5.92 Å². The first kappa shape index (κ1) is 13.8. The quantitative estimate of drug-likeness (QED) is 0.850. The largest absolute Gasteiger partial charge is 0.494 e. The third-order valence-electron chi connectivity index (χ3n) is 3.95. The number of carboxylic acid groups (broad SMARTS) is 1. The van der Waals surface area contributed by atoms with Crippen LogP contribution in [0, 0.1) is 11.7 Å². The summed E-state index contributed by atoms with van der Waals surface area (Å²) >= 11 is 0. The van der Waals surface area contributed by atoms with Crippen LogP contribution in [0.1, 0.15) is 43.6 Å². The second-order valence-electron chi connectivity index (χ2n) is 5.05. The maximum atomic E-state index is 14.3. The number of ether oxygens (including phenoxy) is 1. The Morgan fingerprint density at radius 2 is 2.05 bits per heavy atom. The van der Waals surface area contributed by atoms with E-state index in [-0.39, 0.29) is 11.7 Å². The zero-order valence-electron chi connectivity index (χ0n) is 11.1. The van der Waals surface area contributed by atoms with Crippen molar-refractivity contribution in [1.29, 1.82) is 0 Å². The molecule has 2 rings (SSSR count). The van der Waals surface area contributed by atoms with Crippen LogP contribution in [-0.2, 0) is 4.79 Å². The Morgan fingerprint density at radius 3 is 2.74 bits per heavy atom. The highest BCUT2D eigenvalue weighted by molar-refractivity contribution is 5.71. The van der Waals surface area contributed by atoms with Crippen molar-refractivity contribution in [2.24, 2.45) is 5.92 Å². The summed E-state index contributed by atoms with van der Waals surface area (Å²) in [6.45, 7) is 0. The van der Waals surface area contributed by atoms with E-state index in [1.54, 1.807) is 18.2 Å². The Kier molecular flexibility index (Phi) is 4.40. The summed E-state index contributed by atoms with van der Waals surface area (Å²) in [5.41, 5.74) is 0.480. The summed E-state index contributed by atoms with van der Waals surface area (Å²) in [4.78, 5) is 11.4. The van der Waals surface area contributed by atoms with E-state index in [0.29, 0.717) is 12.0 Å². The molecule has 19 heavy (non-hydrogen) atoms. The molecular formula is C15H19FO3. The number of carbonyl (C=O) groups is 1. The van der Waals surface area contributed by atoms with E-state index in [9.17, 15) is 14.3 Å². The standard InChI is InChI=1S/C15H19FO3/c1-19-13-9-5-8-11(14(13)16)10-6-3-2-4-7-12(10)15(17)18/h5,8-10,12H,2-4,6-7H2,1H3,(H,17,18). The van der Waals surface area contributed by atoms with Crippen molar-refractivity contribution < 1.29 is 19.0 Å². The molecule has 0 bridgehead atoms. The Balaban J connectivity index is 2.38. The lowest BCUT2D eigenvalue weighted by molar-refractivity contribution is -0.142. The molecule has 0 radical (unpaired) electrons. The van der Waals surface area contributed by atoms with Gasteiger partial charge >= 0.3 is 5.97 Å². The van der Waals surface area contributed by atoms with Crippen molar-refractivity contribution in [3.05, 3.63) is 29.6 Å². The Bertz CT molecular complexity index is 459. The number of hydrogen-bond acceptors (Lipinski definition) is 2. The zero-order chi connectivity index (χ0) is 13.8. The van der Waals surface area contributed by atoms with Gasteiger partial charge in [-0.2, -0.15) is 0 Å².